The van der Waals surface area contributed by atoms with E-state index in [0.29, 0.717) is 18.7 Å². The average Bonchev–Trinajstić information content (AvgIpc) is 2.66. The minimum Gasteiger partial charge on any atom is -0.444 e. The summed E-state index contributed by atoms with van der Waals surface area (Å²) in [7, 11) is 0. The fraction of sp³-hybridized carbons (Fsp3) is 0.640. The van der Waals surface area contributed by atoms with Gasteiger partial charge in [0.2, 0.25) is 11.8 Å². The largest absolute Gasteiger partial charge is 0.444 e. The molecule has 0 saturated heterocycles. The second-order valence-electron chi connectivity index (χ2n) is 10.1. The van der Waals surface area contributed by atoms with Gasteiger partial charge in [-0.3, -0.25) is 9.59 Å². The molecule has 3 amide bonds. The van der Waals surface area contributed by atoms with Crippen molar-refractivity contribution in [2.75, 3.05) is 18.6 Å². The number of thioether (sulfide) groups is 1. The molecule has 0 spiro atoms. The Bertz CT molecular complexity index is 815. The highest BCUT2D eigenvalue weighted by Crippen LogP contribution is 2.26. The molecule has 0 aromatic heterocycles. The normalized spacial score (nSPS) is 13.6. The summed E-state index contributed by atoms with van der Waals surface area (Å²) < 4.78 is 5.38. The molecular weight excluding hydrogens is 438 g/mol. The first-order chi connectivity index (χ1) is 15.2. The first-order valence-electron chi connectivity index (χ1n) is 11.4. The Morgan fingerprint density at radius 2 is 1.70 bits per heavy atom. The van der Waals surface area contributed by atoms with Crippen molar-refractivity contribution in [3.05, 3.63) is 35.4 Å². The maximum atomic E-state index is 13.7. The number of carbonyl (C=O) groups is 3. The molecule has 33 heavy (non-hydrogen) atoms. The van der Waals surface area contributed by atoms with Gasteiger partial charge in [0.25, 0.3) is 0 Å². The van der Waals surface area contributed by atoms with Crippen LogP contribution in [0.15, 0.2) is 24.3 Å². The first-order valence-corrected chi connectivity index (χ1v) is 12.8. The Kier molecular flexibility index (Phi) is 10.7. The Morgan fingerprint density at radius 1 is 1.09 bits per heavy atom. The summed E-state index contributed by atoms with van der Waals surface area (Å²) in [5.74, 6) is 0.107. The number of ether oxygens (including phenoxy) is 1. The molecule has 0 radical (unpaired) electrons. The maximum absolute atomic E-state index is 13.7. The van der Waals surface area contributed by atoms with E-state index in [4.69, 9.17) is 4.74 Å². The van der Waals surface area contributed by atoms with Gasteiger partial charge in [0.1, 0.15) is 17.7 Å². The van der Waals surface area contributed by atoms with E-state index in [0.717, 1.165) is 11.1 Å². The van der Waals surface area contributed by atoms with E-state index in [1.54, 1.807) is 37.4 Å². The Hall–Kier alpha value is -2.22. The predicted molar refractivity (Wildman–Crippen MR) is 135 cm³/mol. The van der Waals surface area contributed by atoms with Gasteiger partial charge < -0.3 is 20.3 Å². The standard InChI is InChI=1S/C25H41N3O4S/c1-10-28(22(30)19(15-16-33-9)26-23(31)32-25(6,7)8)20(21(29)27-24(3,4)5)18-14-12-11-13-17(18)2/h11-14,19-20H,10,15-16H2,1-9H3,(H,26,31)(H,27,29). The number of hydrogen-bond acceptors (Lipinski definition) is 5. The zero-order valence-corrected chi connectivity index (χ0v) is 22.4. The third-order valence-electron chi connectivity index (χ3n) is 4.76. The van der Waals surface area contributed by atoms with Crippen molar-refractivity contribution in [1.29, 1.82) is 0 Å². The van der Waals surface area contributed by atoms with Crippen LogP contribution in [0, 0.1) is 6.92 Å². The Morgan fingerprint density at radius 3 is 2.18 bits per heavy atom. The highest BCUT2D eigenvalue weighted by Gasteiger charge is 2.36. The molecule has 0 aliphatic rings. The summed E-state index contributed by atoms with van der Waals surface area (Å²) in [5, 5.41) is 5.75. The molecule has 0 fully saturated rings. The van der Waals surface area contributed by atoms with Gasteiger partial charge in [0.05, 0.1) is 0 Å². The number of hydrogen-bond donors (Lipinski definition) is 2. The van der Waals surface area contributed by atoms with Crippen molar-refractivity contribution < 1.29 is 19.1 Å². The van der Waals surface area contributed by atoms with Crippen molar-refractivity contribution in [2.24, 2.45) is 0 Å². The van der Waals surface area contributed by atoms with Gasteiger partial charge in [-0.1, -0.05) is 24.3 Å². The highest BCUT2D eigenvalue weighted by atomic mass is 32.2. The zero-order valence-electron chi connectivity index (χ0n) is 21.6. The highest BCUT2D eigenvalue weighted by molar-refractivity contribution is 7.98. The van der Waals surface area contributed by atoms with Crippen LogP contribution >= 0.6 is 11.8 Å². The van der Waals surface area contributed by atoms with Crippen LogP contribution < -0.4 is 10.6 Å². The van der Waals surface area contributed by atoms with Crippen molar-refractivity contribution in [3.8, 4) is 0 Å². The molecule has 1 aromatic carbocycles. The van der Waals surface area contributed by atoms with Gasteiger partial charge in [-0.05, 0) is 84.9 Å². The van der Waals surface area contributed by atoms with E-state index in [2.05, 4.69) is 10.6 Å². The molecule has 2 atom stereocenters. The molecule has 186 valence electrons. The molecule has 1 rings (SSSR count). The molecule has 2 unspecified atom stereocenters. The monoisotopic (exact) mass is 479 g/mol. The summed E-state index contributed by atoms with van der Waals surface area (Å²) in [4.78, 5) is 41.2. The number of alkyl carbamates (subject to hydrolysis) is 1. The molecule has 7 nitrogen and oxygen atoms in total. The fourth-order valence-corrected chi connectivity index (χ4v) is 3.86. The van der Waals surface area contributed by atoms with Crippen molar-refractivity contribution in [3.63, 3.8) is 0 Å². The molecule has 0 saturated carbocycles. The zero-order chi connectivity index (χ0) is 25.4. The molecule has 0 aliphatic carbocycles. The number of benzene rings is 1. The van der Waals surface area contributed by atoms with E-state index >= 15 is 0 Å². The predicted octanol–water partition coefficient (Wildman–Crippen LogP) is 4.45. The Labute approximate surface area is 203 Å². The summed E-state index contributed by atoms with van der Waals surface area (Å²) in [6, 6.07) is 5.94. The second-order valence-corrected chi connectivity index (χ2v) is 11.1. The molecule has 1 aromatic rings. The minimum atomic E-state index is -0.819. The smallest absolute Gasteiger partial charge is 0.408 e. The van der Waals surface area contributed by atoms with Crippen LogP contribution in [0.4, 0.5) is 4.79 Å². The lowest BCUT2D eigenvalue weighted by atomic mass is 9.96. The summed E-state index contributed by atoms with van der Waals surface area (Å²) >= 11 is 1.59. The van der Waals surface area contributed by atoms with Gasteiger partial charge in [0.15, 0.2) is 0 Å². The van der Waals surface area contributed by atoms with E-state index in [1.165, 1.54) is 0 Å². The van der Waals surface area contributed by atoms with Crippen molar-refractivity contribution >= 4 is 29.7 Å². The average molecular weight is 480 g/mol. The van der Waals surface area contributed by atoms with Crippen LogP contribution in [-0.4, -0.2) is 58.5 Å². The summed E-state index contributed by atoms with van der Waals surface area (Å²) in [5.41, 5.74) is 0.528. The van der Waals surface area contributed by atoms with E-state index < -0.39 is 29.3 Å². The maximum Gasteiger partial charge on any atom is 0.408 e. The third kappa shape index (κ3) is 9.66. The summed E-state index contributed by atoms with van der Waals surface area (Å²) in [6.45, 7) is 15.1. The van der Waals surface area contributed by atoms with E-state index in [9.17, 15) is 14.4 Å². The van der Waals surface area contributed by atoms with Gasteiger partial charge >= 0.3 is 6.09 Å². The topological polar surface area (TPSA) is 87.7 Å². The van der Waals surface area contributed by atoms with Crippen molar-refractivity contribution in [1.82, 2.24) is 15.5 Å². The summed E-state index contributed by atoms with van der Waals surface area (Å²) in [6.07, 6.45) is 1.72. The molecule has 8 heteroatoms. The van der Waals surface area contributed by atoms with Crippen LogP contribution in [0.25, 0.3) is 0 Å². The van der Waals surface area contributed by atoms with E-state index in [1.807, 2.05) is 65.1 Å². The number of aryl methyl sites for hydroxylation is 1. The third-order valence-corrected chi connectivity index (χ3v) is 5.41. The molecular formula is C25H41N3O4S. The van der Waals surface area contributed by atoms with Crippen molar-refractivity contribution in [2.45, 2.75) is 85.0 Å². The van der Waals surface area contributed by atoms with Gasteiger partial charge in [0, 0.05) is 12.1 Å². The number of nitrogens with zero attached hydrogens (tertiary/aromatic N) is 1. The van der Waals surface area contributed by atoms with Crippen LogP contribution in [-0.2, 0) is 14.3 Å². The SMILES string of the molecule is CCN(C(=O)C(CCSC)NC(=O)OC(C)(C)C)C(C(=O)NC(C)(C)C)c1ccccc1C. The number of rotatable bonds is 9. The lowest BCUT2D eigenvalue weighted by Gasteiger charge is -2.36. The number of likely N-dealkylation sites (N-methyl/N-ethyl adjacent to an activating group) is 1. The number of carbonyl (C=O) groups excluding carboxylic acids is 3. The Balaban J connectivity index is 3.37. The lowest BCUT2D eigenvalue weighted by molar-refractivity contribution is -0.142. The van der Waals surface area contributed by atoms with Gasteiger partial charge in [-0.15, -0.1) is 0 Å². The molecule has 0 heterocycles. The van der Waals surface area contributed by atoms with Crippen LogP contribution in [0.2, 0.25) is 0 Å². The van der Waals surface area contributed by atoms with Crippen LogP contribution in [0.1, 0.15) is 72.1 Å². The van der Waals surface area contributed by atoms with E-state index in [-0.39, 0.29) is 11.8 Å². The first kappa shape index (κ1) is 28.8. The molecule has 0 bridgehead atoms. The number of nitrogens with one attached hydrogen (secondary N) is 2. The minimum absolute atomic E-state index is 0.257. The second kappa shape index (κ2) is 12.3. The van der Waals surface area contributed by atoms with Gasteiger partial charge in [-0.25, -0.2) is 4.79 Å². The molecule has 2 N–H and O–H groups in total. The van der Waals surface area contributed by atoms with Crippen LogP contribution in [0.5, 0.6) is 0 Å². The lowest BCUT2D eigenvalue weighted by Crippen LogP contribution is -2.54. The fourth-order valence-electron chi connectivity index (χ4n) is 3.39. The van der Waals surface area contributed by atoms with Crippen LogP contribution in [0.3, 0.4) is 0 Å². The quantitative estimate of drug-likeness (QED) is 0.546. The van der Waals surface area contributed by atoms with Gasteiger partial charge in [-0.2, -0.15) is 11.8 Å². The molecule has 0 aliphatic heterocycles. The number of amides is 3.